The molecule has 0 spiro atoms. The molecule has 2 rings (SSSR count). The Morgan fingerprint density at radius 1 is 1.45 bits per heavy atom. The minimum absolute atomic E-state index is 0.425. The molecule has 0 saturated carbocycles. The molecule has 0 unspecified atom stereocenters. The molecular weight excluding hydrogens is 324 g/mol. The van der Waals surface area contributed by atoms with Crippen LogP contribution in [0.15, 0.2) is 33.7 Å². The van der Waals surface area contributed by atoms with Gasteiger partial charge in [-0.3, -0.25) is 4.79 Å². The van der Waals surface area contributed by atoms with Crippen LogP contribution in [0.4, 0.5) is 0 Å². The van der Waals surface area contributed by atoms with E-state index in [0.717, 1.165) is 10.0 Å². The molecule has 0 atom stereocenters. The zero-order valence-electron chi connectivity index (χ0n) is 11.1. The lowest BCUT2D eigenvalue weighted by Crippen LogP contribution is -2.24. The number of rotatable bonds is 3. The van der Waals surface area contributed by atoms with Gasteiger partial charge in [-0.25, -0.2) is 9.48 Å². The first-order chi connectivity index (χ1) is 9.43. The summed E-state index contributed by atoms with van der Waals surface area (Å²) in [5, 5.41) is 13.0. The van der Waals surface area contributed by atoms with Gasteiger partial charge in [-0.1, -0.05) is 28.9 Å². The maximum absolute atomic E-state index is 11.9. The number of carbonyl (C=O) groups is 1. The molecular formula is C14H13BrN2O3. The molecule has 2 aromatic rings. The van der Waals surface area contributed by atoms with Crippen molar-refractivity contribution in [3.8, 4) is 5.69 Å². The van der Waals surface area contributed by atoms with Crippen LogP contribution in [0, 0.1) is 6.92 Å². The summed E-state index contributed by atoms with van der Waals surface area (Å²) in [4.78, 5) is 23.0. The quantitative estimate of drug-likeness (QED) is 0.934. The monoisotopic (exact) mass is 336 g/mol. The Hall–Kier alpha value is -1.95. The highest BCUT2D eigenvalue weighted by atomic mass is 79.9. The molecule has 0 bridgehead atoms. The van der Waals surface area contributed by atoms with Gasteiger partial charge >= 0.3 is 5.97 Å². The molecule has 1 N–H and O–H groups in total. The van der Waals surface area contributed by atoms with Crippen molar-refractivity contribution in [1.82, 2.24) is 9.78 Å². The molecule has 1 aromatic heterocycles. The summed E-state index contributed by atoms with van der Waals surface area (Å²) in [6, 6.07) is 5.55. The molecule has 0 aliphatic heterocycles. The van der Waals surface area contributed by atoms with E-state index < -0.39 is 17.1 Å². The number of benzene rings is 1. The Morgan fingerprint density at radius 3 is 2.70 bits per heavy atom. The van der Waals surface area contributed by atoms with Crippen molar-refractivity contribution >= 4 is 21.9 Å². The summed E-state index contributed by atoms with van der Waals surface area (Å²) >= 11 is 3.42. The van der Waals surface area contributed by atoms with E-state index in [1.165, 1.54) is 4.68 Å². The molecule has 20 heavy (non-hydrogen) atoms. The van der Waals surface area contributed by atoms with E-state index in [2.05, 4.69) is 21.0 Å². The Balaban J connectivity index is 2.68. The average Bonchev–Trinajstić information content (AvgIpc) is 2.42. The van der Waals surface area contributed by atoms with E-state index in [1.807, 2.05) is 25.1 Å². The van der Waals surface area contributed by atoms with Crippen molar-refractivity contribution in [1.29, 1.82) is 0 Å². The van der Waals surface area contributed by atoms with Gasteiger partial charge in [0.25, 0.3) is 0 Å². The lowest BCUT2D eigenvalue weighted by Gasteiger charge is -2.10. The van der Waals surface area contributed by atoms with Crippen LogP contribution in [0.5, 0.6) is 0 Å². The fourth-order valence-corrected chi connectivity index (χ4v) is 2.16. The highest BCUT2D eigenvalue weighted by Crippen LogP contribution is 2.19. The Labute approximate surface area is 124 Å². The van der Waals surface area contributed by atoms with E-state index in [9.17, 15) is 9.59 Å². The minimum Gasteiger partial charge on any atom is -0.476 e. The summed E-state index contributed by atoms with van der Waals surface area (Å²) in [6.07, 6.45) is 2.03. The molecule has 5 nitrogen and oxygen atoms in total. The van der Waals surface area contributed by atoms with Crippen LogP contribution in [0.1, 0.15) is 28.5 Å². The number of carboxylic acids is 1. The zero-order chi connectivity index (χ0) is 14.9. The summed E-state index contributed by atoms with van der Waals surface area (Å²) in [5.74, 6) is -1.31. The standard InChI is InChI=1S/C14H13BrN2O3/c1-3-9-7-17(16-12(13(9)18)14(19)20)10-5-4-8(2)11(15)6-10/h4-7H,3H2,1-2H3,(H,19,20). The van der Waals surface area contributed by atoms with Gasteiger partial charge in [0, 0.05) is 16.2 Å². The molecule has 0 amide bonds. The highest BCUT2D eigenvalue weighted by Gasteiger charge is 2.15. The fourth-order valence-electron chi connectivity index (χ4n) is 1.79. The molecule has 104 valence electrons. The molecule has 0 radical (unpaired) electrons. The Kier molecular flexibility index (Phi) is 4.04. The molecule has 0 aliphatic carbocycles. The first-order valence-corrected chi connectivity index (χ1v) is 6.86. The lowest BCUT2D eigenvalue weighted by atomic mass is 10.2. The number of hydrogen-bond donors (Lipinski definition) is 1. The van der Waals surface area contributed by atoms with Crippen molar-refractivity contribution in [3.63, 3.8) is 0 Å². The predicted molar refractivity (Wildman–Crippen MR) is 78.6 cm³/mol. The molecule has 0 fully saturated rings. The molecule has 1 heterocycles. The van der Waals surface area contributed by atoms with Gasteiger partial charge in [0.1, 0.15) is 0 Å². The summed E-state index contributed by atoms with van der Waals surface area (Å²) in [7, 11) is 0. The number of aryl methyl sites for hydroxylation is 2. The van der Waals surface area contributed by atoms with E-state index in [0.29, 0.717) is 17.7 Å². The second-order valence-corrected chi connectivity index (χ2v) is 5.22. The van der Waals surface area contributed by atoms with Crippen molar-refractivity contribution in [2.75, 3.05) is 0 Å². The number of aromatic carboxylic acids is 1. The van der Waals surface area contributed by atoms with Gasteiger partial charge in [-0.2, -0.15) is 5.10 Å². The van der Waals surface area contributed by atoms with Gasteiger partial charge in [0.15, 0.2) is 0 Å². The lowest BCUT2D eigenvalue weighted by molar-refractivity contribution is 0.0686. The number of nitrogens with zero attached hydrogens (tertiary/aromatic N) is 2. The topological polar surface area (TPSA) is 72.2 Å². The largest absolute Gasteiger partial charge is 0.476 e. The molecule has 1 aromatic carbocycles. The van der Waals surface area contributed by atoms with Crippen LogP contribution in [0.2, 0.25) is 0 Å². The smallest absolute Gasteiger partial charge is 0.360 e. The maximum Gasteiger partial charge on any atom is 0.360 e. The third kappa shape index (κ3) is 2.65. The maximum atomic E-state index is 11.9. The van der Waals surface area contributed by atoms with Crippen LogP contribution >= 0.6 is 15.9 Å². The van der Waals surface area contributed by atoms with Gasteiger partial charge in [-0.05, 0) is 31.0 Å². The molecule has 6 heteroatoms. The average molecular weight is 337 g/mol. The normalized spacial score (nSPS) is 10.6. The predicted octanol–water partition coefficient (Wildman–Crippen LogP) is 2.56. The second-order valence-electron chi connectivity index (χ2n) is 4.37. The summed E-state index contributed by atoms with van der Waals surface area (Å²) in [5.41, 5.74) is 1.20. The van der Waals surface area contributed by atoms with Crippen LogP contribution in [-0.4, -0.2) is 20.9 Å². The minimum atomic E-state index is -1.31. The third-order valence-electron chi connectivity index (χ3n) is 3.00. The Bertz CT molecular complexity index is 738. The number of carboxylic acid groups (broad SMARTS) is 1. The van der Waals surface area contributed by atoms with Crippen molar-refractivity contribution in [2.24, 2.45) is 0 Å². The van der Waals surface area contributed by atoms with Gasteiger partial charge in [0.2, 0.25) is 11.1 Å². The first-order valence-electron chi connectivity index (χ1n) is 6.06. The van der Waals surface area contributed by atoms with E-state index in [4.69, 9.17) is 5.11 Å². The highest BCUT2D eigenvalue weighted by molar-refractivity contribution is 9.10. The Morgan fingerprint density at radius 2 is 2.15 bits per heavy atom. The fraction of sp³-hybridized carbons (Fsp3) is 0.214. The number of aromatic nitrogens is 2. The third-order valence-corrected chi connectivity index (χ3v) is 3.85. The van der Waals surface area contributed by atoms with Crippen LogP contribution in [-0.2, 0) is 6.42 Å². The van der Waals surface area contributed by atoms with Crippen molar-refractivity contribution in [2.45, 2.75) is 20.3 Å². The number of halogens is 1. The summed E-state index contributed by atoms with van der Waals surface area (Å²) < 4.78 is 2.32. The number of hydrogen-bond acceptors (Lipinski definition) is 3. The van der Waals surface area contributed by atoms with Crippen LogP contribution < -0.4 is 5.43 Å². The molecule has 0 saturated heterocycles. The van der Waals surface area contributed by atoms with E-state index in [1.54, 1.807) is 13.1 Å². The van der Waals surface area contributed by atoms with E-state index >= 15 is 0 Å². The van der Waals surface area contributed by atoms with Gasteiger partial charge in [0.05, 0.1) is 5.69 Å². The van der Waals surface area contributed by atoms with Crippen molar-refractivity contribution < 1.29 is 9.90 Å². The second kappa shape index (κ2) is 5.58. The van der Waals surface area contributed by atoms with Gasteiger partial charge in [-0.15, -0.1) is 0 Å². The molecule has 0 aliphatic rings. The zero-order valence-corrected chi connectivity index (χ0v) is 12.6. The van der Waals surface area contributed by atoms with Gasteiger partial charge < -0.3 is 5.11 Å². The SMILES string of the molecule is CCc1cn(-c2ccc(C)c(Br)c2)nc(C(=O)O)c1=O. The van der Waals surface area contributed by atoms with E-state index in [-0.39, 0.29) is 0 Å². The first kappa shape index (κ1) is 14.5. The van der Waals surface area contributed by atoms with Crippen LogP contribution in [0.25, 0.3) is 5.69 Å². The van der Waals surface area contributed by atoms with Crippen LogP contribution in [0.3, 0.4) is 0 Å². The summed E-state index contributed by atoms with van der Waals surface area (Å²) in [6.45, 7) is 3.75. The van der Waals surface area contributed by atoms with Crippen molar-refractivity contribution in [3.05, 3.63) is 55.9 Å².